The highest BCUT2D eigenvalue weighted by Gasteiger charge is 2.21. The second-order valence-electron chi connectivity index (χ2n) is 4.08. The molecule has 0 aliphatic heterocycles. The zero-order valence-electron chi connectivity index (χ0n) is 10.6. The minimum absolute atomic E-state index is 0.116. The molecule has 0 spiro atoms. The third kappa shape index (κ3) is 4.96. The highest BCUT2D eigenvalue weighted by molar-refractivity contribution is 7.93. The van der Waals surface area contributed by atoms with E-state index >= 15 is 0 Å². The molecule has 1 rings (SSSR count). The Bertz CT molecular complexity index is 670. The maximum absolute atomic E-state index is 12.1. The molecule has 0 fully saturated rings. The predicted octanol–water partition coefficient (Wildman–Crippen LogP) is -0.699. The van der Waals surface area contributed by atoms with Crippen LogP contribution in [0.1, 0.15) is 0 Å². The third-order valence-corrected chi connectivity index (χ3v) is 5.14. The van der Waals surface area contributed by atoms with Crippen molar-refractivity contribution in [2.45, 2.75) is 4.90 Å². The summed E-state index contributed by atoms with van der Waals surface area (Å²) in [5, 5.41) is 2.82. The highest BCUT2D eigenvalue weighted by atomic mass is 32.2. The van der Waals surface area contributed by atoms with Gasteiger partial charge in [-0.1, -0.05) is 0 Å². The van der Waals surface area contributed by atoms with Gasteiger partial charge in [-0.15, -0.1) is 0 Å². The van der Waals surface area contributed by atoms with Crippen LogP contribution >= 0.6 is 0 Å². The average molecular weight is 323 g/mol. The SMILES string of the molecule is NCCNc1ccc(N)cc1S(=O)(=O)CCS(=O)(=O)O. The van der Waals surface area contributed by atoms with E-state index in [4.69, 9.17) is 16.0 Å². The van der Waals surface area contributed by atoms with Crippen LogP contribution < -0.4 is 16.8 Å². The molecule has 0 radical (unpaired) electrons. The van der Waals surface area contributed by atoms with Gasteiger partial charge in [0.15, 0.2) is 9.84 Å². The summed E-state index contributed by atoms with van der Waals surface area (Å²) in [6, 6.07) is 4.23. The topological polar surface area (TPSA) is 153 Å². The lowest BCUT2D eigenvalue weighted by atomic mass is 10.3. The van der Waals surface area contributed by atoms with E-state index in [9.17, 15) is 16.8 Å². The summed E-state index contributed by atoms with van der Waals surface area (Å²) in [6.07, 6.45) is 0. The summed E-state index contributed by atoms with van der Waals surface area (Å²) in [5.41, 5.74) is 11.4. The van der Waals surface area contributed by atoms with Crippen LogP contribution in [0.25, 0.3) is 0 Å². The lowest BCUT2D eigenvalue weighted by molar-refractivity contribution is 0.484. The van der Waals surface area contributed by atoms with Crippen molar-refractivity contribution >= 4 is 31.3 Å². The molecule has 0 aliphatic rings. The normalized spacial score (nSPS) is 12.3. The molecule has 0 bridgehead atoms. The van der Waals surface area contributed by atoms with Gasteiger partial charge < -0.3 is 16.8 Å². The van der Waals surface area contributed by atoms with Gasteiger partial charge >= 0.3 is 0 Å². The van der Waals surface area contributed by atoms with Crippen molar-refractivity contribution in [1.29, 1.82) is 0 Å². The van der Waals surface area contributed by atoms with Gasteiger partial charge in [-0.2, -0.15) is 8.42 Å². The Hall–Kier alpha value is -1.36. The van der Waals surface area contributed by atoms with Crippen molar-refractivity contribution in [3.8, 4) is 0 Å². The van der Waals surface area contributed by atoms with Crippen LogP contribution in [0.4, 0.5) is 11.4 Å². The molecule has 0 amide bonds. The van der Waals surface area contributed by atoms with Gasteiger partial charge in [0.2, 0.25) is 0 Å². The Morgan fingerprint density at radius 2 is 1.80 bits per heavy atom. The van der Waals surface area contributed by atoms with E-state index in [1.165, 1.54) is 18.2 Å². The van der Waals surface area contributed by atoms with Crippen molar-refractivity contribution in [2.75, 3.05) is 35.6 Å². The molecule has 6 N–H and O–H groups in total. The van der Waals surface area contributed by atoms with Crippen LogP contribution in [-0.4, -0.2) is 46.0 Å². The molecule has 0 aliphatic carbocycles. The third-order valence-electron chi connectivity index (χ3n) is 2.41. The van der Waals surface area contributed by atoms with Gasteiger partial charge in [0.1, 0.15) is 0 Å². The summed E-state index contributed by atoms with van der Waals surface area (Å²) in [6.45, 7) is 0.652. The minimum Gasteiger partial charge on any atom is -0.399 e. The first-order valence-electron chi connectivity index (χ1n) is 5.67. The summed E-state index contributed by atoms with van der Waals surface area (Å²) < 4.78 is 54.2. The van der Waals surface area contributed by atoms with Crippen LogP contribution in [0.2, 0.25) is 0 Å². The van der Waals surface area contributed by atoms with Crippen LogP contribution in [0.15, 0.2) is 23.1 Å². The number of sulfone groups is 1. The van der Waals surface area contributed by atoms with Crippen molar-refractivity contribution in [3.63, 3.8) is 0 Å². The molecule has 0 aromatic heterocycles. The summed E-state index contributed by atoms with van der Waals surface area (Å²) >= 11 is 0. The second-order valence-corrected chi connectivity index (χ2v) is 7.73. The van der Waals surface area contributed by atoms with E-state index < -0.39 is 31.5 Å². The van der Waals surface area contributed by atoms with Gasteiger partial charge in [0.25, 0.3) is 10.1 Å². The number of anilines is 2. The zero-order valence-corrected chi connectivity index (χ0v) is 12.2. The van der Waals surface area contributed by atoms with Gasteiger partial charge in [0, 0.05) is 18.8 Å². The number of hydrogen-bond donors (Lipinski definition) is 4. The fourth-order valence-electron chi connectivity index (χ4n) is 1.47. The maximum Gasteiger partial charge on any atom is 0.265 e. The fourth-order valence-corrected chi connectivity index (χ4v) is 4.21. The number of nitrogen functional groups attached to an aromatic ring is 1. The van der Waals surface area contributed by atoms with Gasteiger partial charge in [0.05, 0.1) is 22.1 Å². The van der Waals surface area contributed by atoms with E-state index in [-0.39, 0.29) is 10.6 Å². The Morgan fingerprint density at radius 1 is 1.15 bits per heavy atom. The summed E-state index contributed by atoms with van der Waals surface area (Å²) in [5.74, 6) is -1.60. The number of nitrogens with one attached hydrogen (secondary N) is 1. The molecule has 114 valence electrons. The van der Waals surface area contributed by atoms with Crippen molar-refractivity contribution in [2.24, 2.45) is 5.73 Å². The number of nitrogens with two attached hydrogens (primary N) is 2. The number of rotatable bonds is 7. The van der Waals surface area contributed by atoms with E-state index in [1.807, 2.05) is 0 Å². The first kappa shape index (κ1) is 16.7. The van der Waals surface area contributed by atoms with Gasteiger partial charge in [-0.05, 0) is 18.2 Å². The van der Waals surface area contributed by atoms with E-state index in [0.717, 1.165) is 0 Å². The molecule has 1 aromatic carbocycles. The van der Waals surface area contributed by atoms with Crippen LogP contribution in [0.5, 0.6) is 0 Å². The minimum atomic E-state index is -4.36. The van der Waals surface area contributed by atoms with Crippen molar-refractivity contribution in [3.05, 3.63) is 18.2 Å². The van der Waals surface area contributed by atoms with Crippen molar-refractivity contribution < 1.29 is 21.4 Å². The molecular formula is C10H17N3O5S2. The molecule has 0 heterocycles. The first-order chi connectivity index (χ1) is 9.15. The van der Waals surface area contributed by atoms with Crippen LogP contribution in [-0.2, 0) is 20.0 Å². The Kier molecular flexibility index (Phi) is 5.34. The molecule has 1 aromatic rings. The van der Waals surface area contributed by atoms with Crippen molar-refractivity contribution in [1.82, 2.24) is 0 Å². The molecule has 20 heavy (non-hydrogen) atoms. The molecule has 0 saturated heterocycles. The molecule has 0 atom stereocenters. The Labute approximate surface area is 117 Å². The molecule has 0 unspecified atom stereocenters. The summed E-state index contributed by atoms with van der Waals surface area (Å²) in [4.78, 5) is -0.116. The lowest BCUT2D eigenvalue weighted by Gasteiger charge is -2.12. The zero-order chi connectivity index (χ0) is 15.4. The smallest absolute Gasteiger partial charge is 0.265 e. The quantitative estimate of drug-likeness (QED) is 0.379. The maximum atomic E-state index is 12.1. The highest BCUT2D eigenvalue weighted by Crippen LogP contribution is 2.25. The van der Waals surface area contributed by atoms with E-state index in [0.29, 0.717) is 18.8 Å². The van der Waals surface area contributed by atoms with Crippen LogP contribution in [0, 0.1) is 0 Å². The van der Waals surface area contributed by atoms with E-state index in [2.05, 4.69) is 5.32 Å². The fraction of sp³-hybridized carbons (Fsp3) is 0.400. The average Bonchev–Trinajstić information content (AvgIpc) is 2.34. The number of benzene rings is 1. The first-order valence-corrected chi connectivity index (χ1v) is 8.93. The molecule has 0 saturated carbocycles. The van der Waals surface area contributed by atoms with Crippen LogP contribution in [0.3, 0.4) is 0 Å². The Balaban J connectivity index is 3.12. The van der Waals surface area contributed by atoms with Gasteiger partial charge in [-0.25, -0.2) is 8.42 Å². The molecule has 10 heteroatoms. The van der Waals surface area contributed by atoms with E-state index in [1.54, 1.807) is 0 Å². The molecular weight excluding hydrogens is 306 g/mol. The standard InChI is InChI=1S/C10H17N3O5S2/c11-3-4-13-9-2-1-8(12)7-10(9)19(14,15)5-6-20(16,17)18/h1-2,7,13H,3-6,11-12H2,(H,16,17,18). The second kappa shape index (κ2) is 6.39. The lowest BCUT2D eigenvalue weighted by Crippen LogP contribution is -2.19. The Morgan fingerprint density at radius 3 is 2.35 bits per heavy atom. The van der Waals surface area contributed by atoms with Gasteiger partial charge in [-0.3, -0.25) is 4.55 Å². The predicted molar refractivity (Wildman–Crippen MR) is 76.9 cm³/mol. The largest absolute Gasteiger partial charge is 0.399 e. The monoisotopic (exact) mass is 323 g/mol. The molecule has 8 nitrogen and oxygen atoms in total. The summed E-state index contributed by atoms with van der Waals surface area (Å²) in [7, 11) is -8.26. The number of hydrogen-bond acceptors (Lipinski definition) is 7.